The molecule has 0 saturated carbocycles. The van der Waals surface area contributed by atoms with Crippen LogP contribution < -0.4 is 20.7 Å². The van der Waals surface area contributed by atoms with Crippen LogP contribution in [0.1, 0.15) is 46.9 Å². The van der Waals surface area contributed by atoms with Gasteiger partial charge in [-0.25, -0.2) is 5.48 Å². The molecule has 2 aromatic carbocycles. The van der Waals surface area contributed by atoms with Crippen molar-refractivity contribution in [1.82, 2.24) is 10.4 Å². The number of carbonyl (C=O) groups excluding carboxylic acids is 3. The Bertz CT molecular complexity index is 1030. The topological polar surface area (TPSA) is 131 Å². The normalized spacial score (nSPS) is 15.9. The fourth-order valence-corrected chi connectivity index (χ4v) is 3.94. The predicted molar refractivity (Wildman–Crippen MR) is 110 cm³/mol. The summed E-state index contributed by atoms with van der Waals surface area (Å²) in [6, 6.07) is 8.44. The number of carbonyl (C=O) groups is 3. The lowest BCUT2D eigenvalue weighted by Crippen LogP contribution is -2.40. The zero-order chi connectivity index (χ0) is 22.7. The molecule has 0 aromatic heterocycles. The van der Waals surface area contributed by atoms with Gasteiger partial charge in [-0.1, -0.05) is 23.7 Å². The molecule has 2 unspecified atom stereocenters. The number of nitrogens with one attached hydrogen (secondary N) is 1. The van der Waals surface area contributed by atoms with Crippen molar-refractivity contribution in [2.24, 2.45) is 5.73 Å². The van der Waals surface area contributed by atoms with Gasteiger partial charge in [0, 0.05) is 10.6 Å². The quantitative estimate of drug-likeness (QED) is 0.420. The second-order valence-electron chi connectivity index (χ2n) is 6.73. The molecule has 1 radical (unpaired) electrons. The van der Waals surface area contributed by atoms with Gasteiger partial charge in [-0.3, -0.25) is 19.6 Å². The molecule has 3 rings (SSSR count). The van der Waals surface area contributed by atoms with Gasteiger partial charge in [-0.2, -0.15) is 0 Å². The van der Waals surface area contributed by atoms with Gasteiger partial charge in [0.15, 0.2) is 11.5 Å². The summed E-state index contributed by atoms with van der Waals surface area (Å²) in [5.74, 6) is -1.30. The van der Waals surface area contributed by atoms with Crippen LogP contribution in [0.4, 0.5) is 0 Å². The van der Waals surface area contributed by atoms with Crippen molar-refractivity contribution in [2.75, 3.05) is 13.7 Å². The summed E-state index contributed by atoms with van der Waals surface area (Å²) in [7, 11) is 1.48. The van der Waals surface area contributed by atoms with E-state index in [0.717, 1.165) is 0 Å². The molecule has 31 heavy (non-hydrogen) atoms. The molecule has 10 heteroatoms. The SMILES string of the molecule is CCOc1cc(C(CC(=O)NO)N2C(=O)c3[c]ccc(Cl)c3C2C(N)=O)ccc1OC. The second-order valence-corrected chi connectivity index (χ2v) is 7.14. The Kier molecular flexibility index (Phi) is 6.67. The molecule has 3 amide bonds. The van der Waals surface area contributed by atoms with Crippen molar-refractivity contribution in [3.05, 3.63) is 58.1 Å². The summed E-state index contributed by atoms with van der Waals surface area (Å²) in [6.07, 6.45) is -0.352. The molecule has 9 nitrogen and oxygen atoms in total. The molecule has 0 bridgehead atoms. The standard InChI is InChI=1S/C21H21ClN3O6/c1-3-31-16-9-11(7-8-15(16)30-2)14(10-17(26)24-29)25-19(20(23)27)18-12(21(25)28)5-4-6-13(18)22/h4,6-9,14,19,29H,3,10H2,1-2H3,(H2,23,27)(H,24,26). The number of hydrogen-bond donors (Lipinski definition) is 3. The van der Waals surface area contributed by atoms with E-state index >= 15 is 0 Å². The van der Waals surface area contributed by atoms with Gasteiger partial charge >= 0.3 is 0 Å². The van der Waals surface area contributed by atoms with Gasteiger partial charge in [0.2, 0.25) is 11.8 Å². The number of primary amides is 1. The fraction of sp³-hybridized carbons (Fsp3) is 0.286. The van der Waals surface area contributed by atoms with Gasteiger partial charge in [0.25, 0.3) is 5.91 Å². The Morgan fingerprint density at radius 2 is 2.10 bits per heavy atom. The number of ether oxygens (including phenoxy) is 2. The molecule has 0 fully saturated rings. The first-order valence-corrected chi connectivity index (χ1v) is 9.77. The molecule has 2 aromatic rings. The minimum atomic E-state index is -1.22. The lowest BCUT2D eigenvalue weighted by molar-refractivity contribution is -0.131. The smallest absolute Gasteiger partial charge is 0.256 e. The molecule has 1 aliphatic heterocycles. The maximum Gasteiger partial charge on any atom is 0.256 e. The van der Waals surface area contributed by atoms with E-state index in [4.69, 9.17) is 32.0 Å². The number of hydroxylamine groups is 1. The van der Waals surface area contributed by atoms with Crippen molar-refractivity contribution in [1.29, 1.82) is 0 Å². The van der Waals surface area contributed by atoms with Crippen molar-refractivity contribution in [3.8, 4) is 11.5 Å². The first-order valence-electron chi connectivity index (χ1n) is 9.39. The van der Waals surface area contributed by atoms with Crippen molar-refractivity contribution < 1.29 is 29.1 Å². The summed E-state index contributed by atoms with van der Waals surface area (Å²) in [4.78, 5) is 38.9. The lowest BCUT2D eigenvalue weighted by Gasteiger charge is -2.32. The Morgan fingerprint density at radius 1 is 1.35 bits per heavy atom. The van der Waals surface area contributed by atoms with Gasteiger partial charge in [-0.05, 0) is 36.8 Å². The van der Waals surface area contributed by atoms with Crippen molar-refractivity contribution in [3.63, 3.8) is 0 Å². The van der Waals surface area contributed by atoms with Gasteiger partial charge in [-0.15, -0.1) is 0 Å². The maximum atomic E-state index is 13.3. The van der Waals surface area contributed by atoms with Crippen LogP contribution in [-0.4, -0.2) is 41.5 Å². The number of hydrogen-bond acceptors (Lipinski definition) is 6. The highest BCUT2D eigenvalue weighted by atomic mass is 35.5. The molecule has 1 heterocycles. The summed E-state index contributed by atoms with van der Waals surface area (Å²) in [5, 5.41) is 9.27. The first kappa shape index (κ1) is 22.4. The third-order valence-corrected chi connectivity index (χ3v) is 5.29. The van der Waals surface area contributed by atoms with Crippen LogP contribution >= 0.6 is 11.6 Å². The van der Waals surface area contributed by atoms with Gasteiger partial charge in [0.05, 0.1) is 31.7 Å². The van der Waals surface area contributed by atoms with Crippen LogP contribution in [0.3, 0.4) is 0 Å². The molecule has 163 valence electrons. The maximum absolute atomic E-state index is 13.3. The average molecular weight is 447 g/mol. The van der Waals surface area contributed by atoms with E-state index in [0.29, 0.717) is 23.7 Å². The number of rotatable bonds is 8. The number of benzene rings is 2. The van der Waals surface area contributed by atoms with Gasteiger partial charge < -0.3 is 20.1 Å². The summed E-state index contributed by atoms with van der Waals surface area (Å²) < 4.78 is 10.9. The average Bonchev–Trinajstić information content (AvgIpc) is 3.06. The van der Waals surface area contributed by atoms with E-state index in [2.05, 4.69) is 6.07 Å². The Morgan fingerprint density at radius 3 is 2.71 bits per heavy atom. The minimum absolute atomic E-state index is 0.101. The van der Waals surface area contributed by atoms with E-state index in [1.807, 2.05) is 0 Å². The van der Waals surface area contributed by atoms with Crippen LogP contribution in [0.25, 0.3) is 0 Å². The first-order chi connectivity index (χ1) is 14.8. The third-order valence-electron chi connectivity index (χ3n) is 4.96. The second kappa shape index (κ2) is 9.23. The van der Waals surface area contributed by atoms with E-state index in [-0.39, 0.29) is 22.6 Å². The number of methoxy groups -OCH3 is 1. The van der Waals surface area contributed by atoms with Gasteiger partial charge in [0.1, 0.15) is 6.04 Å². The van der Waals surface area contributed by atoms with E-state index in [1.165, 1.54) is 24.1 Å². The predicted octanol–water partition coefficient (Wildman–Crippen LogP) is 2.17. The number of amides is 3. The van der Waals surface area contributed by atoms with Crippen LogP contribution in [0.2, 0.25) is 5.02 Å². The van der Waals surface area contributed by atoms with Crippen LogP contribution in [0, 0.1) is 6.07 Å². The Balaban J connectivity index is 2.16. The van der Waals surface area contributed by atoms with Crippen LogP contribution in [0.15, 0.2) is 30.3 Å². The molecule has 0 aliphatic carbocycles. The van der Waals surface area contributed by atoms with Crippen LogP contribution in [-0.2, 0) is 9.59 Å². The number of nitrogens with two attached hydrogens (primary N) is 1. The minimum Gasteiger partial charge on any atom is -0.493 e. The van der Waals surface area contributed by atoms with E-state index < -0.39 is 29.8 Å². The molecule has 4 N–H and O–H groups in total. The van der Waals surface area contributed by atoms with Crippen LogP contribution in [0.5, 0.6) is 11.5 Å². The highest BCUT2D eigenvalue weighted by Gasteiger charge is 2.46. The Hall–Kier alpha value is -3.30. The highest BCUT2D eigenvalue weighted by Crippen LogP contribution is 2.44. The number of nitrogens with zero attached hydrogens (tertiary/aromatic N) is 1. The molecular weight excluding hydrogens is 426 g/mol. The lowest BCUT2D eigenvalue weighted by atomic mass is 9.98. The highest BCUT2D eigenvalue weighted by molar-refractivity contribution is 6.32. The number of halogens is 1. The summed E-state index contributed by atoms with van der Waals surface area (Å²) in [5.41, 5.74) is 8.00. The van der Waals surface area contributed by atoms with E-state index in [9.17, 15) is 14.4 Å². The largest absolute Gasteiger partial charge is 0.493 e. The third kappa shape index (κ3) is 4.14. The summed E-state index contributed by atoms with van der Waals surface area (Å²) >= 11 is 6.27. The molecular formula is C21H21ClN3O6. The monoisotopic (exact) mass is 446 g/mol. The van der Waals surface area contributed by atoms with E-state index in [1.54, 1.807) is 30.6 Å². The summed E-state index contributed by atoms with van der Waals surface area (Å²) in [6.45, 7) is 2.15. The van der Waals surface area contributed by atoms with Crippen molar-refractivity contribution in [2.45, 2.75) is 25.4 Å². The Labute approximate surface area is 183 Å². The number of fused-ring (bicyclic) bond motifs is 1. The molecule has 1 aliphatic rings. The zero-order valence-electron chi connectivity index (χ0n) is 16.8. The van der Waals surface area contributed by atoms with Crippen molar-refractivity contribution >= 4 is 29.3 Å². The fourth-order valence-electron chi connectivity index (χ4n) is 3.68. The molecule has 2 atom stereocenters. The molecule has 0 spiro atoms. The zero-order valence-corrected chi connectivity index (χ0v) is 17.6. The molecule has 0 saturated heterocycles.